The predicted molar refractivity (Wildman–Crippen MR) is 58.8 cm³/mol. The topological polar surface area (TPSA) is 101 Å². The van der Waals surface area contributed by atoms with Gasteiger partial charge in [-0.3, -0.25) is 5.10 Å². The molecule has 2 heterocycles. The van der Waals surface area contributed by atoms with Gasteiger partial charge in [0.25, 0.3) is 0 Å². The molecule has 0 unspecified atom stereocenters. The molecule has 1 N–H and O–H groups in total. The van der Waals surface area contributed by atoms with Crippen LogP contribution in [0.5, 0.6) is 0 Å². The zero-order chi connectivity index (χ0) is 12.5. The lowest BCUT2D eigenvalue weighted by atomic mass is 10.4. The van der Waals surface area contributed by atoms with Crippen LogP contribution < -0.4 is 0 Å². The number of aromatic amines is 1. The first-order chi connectivity index (χ1) is 7.97. The molecule has 17 heavy (non-hydrogen) atoms. The molecule has 0 saturated carbocycles. The molecule has 0 aliphatic rings. The third-order valence-corrected chi connectivity index (χ3v) is 3.40. The second-order valence-electron chi connectivity index (χ2n) is 3.64. The molecule has 90 valence electrons. The Balaban J connectivity index is 2.28. The van der Waals surface area contributed by atoms with Crippen molar-refractivity contribution in [3.05, 3.63) is 29.6 Å². The summed E-state index contributed by atoms with van der Waals surface area (Å²) >= 11 is 0. The van der Waals surface area contributed by atoms with E-state index in [1.165, 1.54) is 12.4 Å². The van der Waals surface area contributed by atoms with Crippen LogP contribution in [-0.4, -0.2) is 33.6 Å². The highest BCUT2D eigenvalue weighted by Crippen LogP contribution is 2.09. The molecule has 0 spiro atoms. The van der Waals surface area contributed by atoms with Crippen LogP contribution in [0.3, 0.4) is 0 Å². The summed E-state index contributed by atoms with van der Waals surface area (Å²) in [5, 5.41) is 6.16. The Morgan fingerprint density at radius 2 is 1.88 bits per heavy atom. The number of H-pyrrole nitrogens is 1. The Labute approximate surface area is 98.3 Å². The Bertz CT molecular complexity index is 617. The number of nitrogens with one attached hydrogen (secondary N) is 1. The van der Waals surface area contributed by atoms with Crippen molar-refractivity contribution in [3.63, 3.8) is 0 Å². The summed E-state index contributed by atoms with van der Waals surface area (Å²) in [6, 6.07) is 0. The Kier molecular flexibility index (Phi) is 2.88. The largest absolute Gasteiger partial charge is 0.263 e. The molecule has 0 aromatic carbocycles. The molecular formula is C9H11N5O2S. The summed E-state index contributed by atoms with van der Waals surface area (Å²) in [4.78, 5) is 11.5. The van der Waals surface area contributed by atoms with Crippen LogP contribution in [0.2, 0.25) is 0 Å². The lowest BCUT2D eigenvalue weighted by Gasteiger charge is -1.99. The van der Waals surface area contributed by atoms with E-state index in [1.54, 1.807) is 13.8 Å². The minimum Gasteiger partial charge on any atom is -0.263 e. The van der Waals surface area contributed by atoms with Crippen LogP contribution in [0.25, 0.3) is 0 Å². The first kappa shape index (κ1) is 11.6. The maximum Gasteiger partial charge on any atom is 0.247 e. The third-order valence-electron chi connectivity index (χ3n) is 2.00. The average molecular weight is 253 g/mol. The maximum atomic E-state index is 11.9. The van der Waals surface area contributed by atoms with E-state index in [-0.39, 0.29) is 16.7 Å². The van der Waals surface area contributed by atoms with E-state index in [4.69, 9.17) is 0 Å². The summed E-state index contributed by atoms with van der Waals surface area (Å²) in [6.07, 6.45) is 2.92. The predicted octanol–water partition coefficient (Wildman–Crippen LogP) is 0.185. The number of rotatable bonds is 3. The van der Waals surface area contributed by atoms with Gasteiger partial charge in [-0.15, -0.1) is 0 Å². The highest BCUT2D eigenvalue weighted by Gasteiger charge is 2.20. The molecule has 0 atom stereocenters. The number of aromatic nitrogens is 5. The second kappa shape index (κ2) is 4.21. The molecule has 0 amide bonds. The summed E-state index contributed by atoms with van der Waals surface area (Å²) in [5.74, 6) is 0.479. The van der Waals surface area contributed by atoms with Gasteiger partial charge in [0.1, 0.15) is 11.6 Å². The standard InChI is InChI=1S/C9H11N5O2S/c1-6-3-10-9(11-4-6)17(15,16)5-8-12-7(2)13-14-8/h3-4H,5H2,1-2H3,(H,12,13,14). The molecule has 2 rings (SSSR count). The van der Waals surface area contributed by atoms with Gasteiger partial charge in [0.2, 0.25) is 15.0 Å². The highest BCUT2D eigenvalue weighted by molar-refractivity contribution is 7.90. The molecule has 0 saturated heterocycles. The number of hydrogen-bond acceptors (Lipinski definition) is 6. The summed E-state index contributed by atoms with van der Waals surface area (Å²) < 4.78 is 23.8. The van der Waals surface area contributed by atoms with Gasteiger partial charge in [-0.25, -0.2) is 23.4 Å². The molecule has 2 aromatic heterocycles. The number of aryl methyl sites for hydroxylation is 2. The molecule has 8 heteroatoms. The van der Waals surface area contributed by atoms with Crippen molar-refractivity contribution in [1.29, 1.82) is 0 Å². The highest BCUT2D eigenvalue weighted by atomic mass is 32.2. The van der Waals surface area contributed by atoms with E-state index in [2.05, 4.69) is 25.1 Å². The fourth-order valence-electron chi connectivity index (χ4n) is 1.23. The third kappa shape index (κ3) is 2.64. The smallest absolute Gasteiger partial charge is 0.247 e. The Hall–Kier alpha value is -1.83. The van der Waals surface area contributed by atoms with Crippen molar-refractivity contribution < 1.29 is 8.42 Å². The minimum atomic E-state index is -3.58. The van der Waals surface area contributed by atoms with Crippen molar-refractivity contribution in [1.82, 2.24) is 25.1 Å². The number of hydrogen-bond donors (Lipinski definition) is 1. The van der Waals surface area contributed by atoms with Gasteiger partial charge in [-0.05, 0) is 19.4 Å². The molecule has 0 aliphatic heterocycles. The van der Waals surface area contributed by atoms with Gasteiger partial charge in [-0.1, -0.05) is 0 Å². The first-order valence-electron chi connectivity index (χ1n) is 4.87. The van der Waals surface area contributed by atoms with E-state index < -0.39 is 9.84 Å². The van der Waals surface area contributed by atoms with Crippen LogP contribution in [-0.2, 0) is 15.6 Å². The van der Waals surface area contributed by atoms with Gasteiger partial charge >= 0.3 is 0 Å². The van der Waals surface area contributed by atoms with Gasteiger partial charge in [0, 0.05) is 12.4 Å². The Morgan fingerprint density at radius 3 is 2.41 bits per heavy atom. The zero-order valence-corrected chi connectivity index (χ0v) is 10.2. The van der Waals surface area contributed by atoms with E-state index in [0.29, 0.717) is 5.82 Å². The number of nitrogens with zero attached hydrogens (tertiary/aromatic N) is 4. The van der Waals surface area contributed by atoms with Crippen molar-refractivity contribution in [2.75, 3.05) is 0 Å². The van der Waals surface area contributed by atoms with Gasteiger partial charge in [0.05, 0.1) is 0 Å². The lowest BCUT2D eigenvalue weighted by molar-refractivity contribution is 0.584. The molecule has 0 bridgehead atoms. The Morgan fingerprint density at radius 1 is 1.24 bits per heavy atom. The van der Waals surface area contributed by atoms with Crippen molar-refractivity contribution >= 4 is 9.84 Å². The normalized spacial score (nSPS) is 11.6. The van der Waals surface area contributed by atoms with E-state index in [1.807, 2.05) is 0 Å². The number of sulfone groups is 1. The van der Waals surface area contributed by atoms with E-state index in [9.17, 15) is 8.42 Å². The molecule has 0 aliphatic carbocycles. The van der Waals surface area contributed by atoms with Crippen LogP contribution in [0.1, 0.15) is 17.2 Å². The fraction of sp³-hybridized carbons (Fsp3) is 0.333. The van der Waals surface area contributed by atoms with Gasteiger partial charge in [0.15, 0.2) is 5.82 Å². The van der Waals surface area contributed by atoms with Crippen molar-refractivity contribution in [2.45, 2.75) is 24.8 Å². The van der Waals surface area contributed by atoms with Crippen LogP contribution in [0, 0.1) is 13.8 Å². The second-order valence-corrected chi connectivity index (χ2v) is 5.52. The monoisotopic (exact) mass is 253 g/mol. The van der Waals surface area contributed by atoms with E-state index in [0.717, 1.165) is 5.56 Å². The summed E-state index contributed by atoms with van der Waals surface area (Å²) in [6.45, 7) is 3.49. The molecular weight excluding hydrogens is 242 g/mol. The SMILES string of the molecule is Cc1cnc(S(=O)(=O)Cc2n[nH]c(C)n2)nc1. The van der Waals surface area contributed by atoms with Crippen LogP contribution >= 0.6 is 0 Å². The minimum absolute atomic E-state index is 0.203. The quantitative estimate of drug-likeness (QED) is 0.783. The van der Waals surface area contributed by atoms with Gasteiger partial charge < -0.3 is 0 Å². The van der Waals surface area contributed by atoms with Crippen molar-refractivity contribution in [3.8, 4) is 0 Å². The van der Waals surface area contributed by atoms with Crippen molar-refractivity contribution in [2.24, 2.45) is 0 Å². The lowest BCUT2D eigenvalue weighted by Crippen LogP contribution is -2.10. The summed E-state index contributed by atoms with van der Waals surface area (Å²) in [5.41, 5.74) is 0.803. The molecule has 0 fully saturated rings. The molecule has 7 nitrogen and oxygen atoms in total. The molecule has 0 radical (unpaired) electrons. The first-order valence-corrected chi connectivity index (χ1v) is 6.52. The van der Waals surface area contributed by atoms with E-state index >= 15 is 0 Å². The van der Waals surface area contributed by atoms with Crippen LogP contribution in [0.15, 0.2) is 17.6 Å². The summed E-state index contributed by atoms with van der Waals surface area (Å²) in [7, 11) is -3.58. The average Bonchev–Trinajstić information content (AvgIpc) is 2.63. The molecule has 2 aromatic rings. The fourth-order valence-corrected chi connectivity index (χ4v) is 2.25. The zero-order valence-electron chi connectivity index (χ0n) is 9.38. The van der Waals surface area contributed by atoms with Crippen LogP contribution in [0.4, 0.5) is 0 Å². The maximum absolute atomic E-state index is 11.9. The van der Waals surface area contributed by atoms with Gasteiger partial charge in [-0.2, -0.15) is 5.10 Å².